The molecule has 6 heteroatoms. The van der Waals surface area contributed by atoms with Crippen LogP contribution in [0.15, 0.2) is 0 Å². The van der Waals surface area contributed by atoms with Crippen molar-refractivity contribution in [2.75, 3.05) is 37.7 Å². The summed E-state index contributed by atoms with van der Waals surface area (Å²) in [6.07, 6.45) is 2.49. The molecule has 150 valence electrons. The summed E-state index contributed by atoms with van der Waals surface area (Å²) in [6.45, 7) is 15.4. The molecule has 1 saturated heterocycles. The molecule has 1 atom stereocenters. The average molecular weight is 375 g/mol. The number of rotatable bonds is 4. The van der Waals surface area contributed by atoms with E-state index >= 15 is 0 Å². The van der Waals surface area contributed by atoms with Crippen LogP contribution in [0.5, 0.6) is 0 Å². The number of fused-ring (bicyclic) bond motifs is 1. The molecule has 27 heavy (non-hydrogen) atoms. The zero-order chi connectivity index (χ0) is 19.6. The standard InChI is InChI=1S/C21H34N4O2/c1-15(13-21(3,4)5)12-19(26)25-7-6-18-17(14-25)20(23-16(2)22-18)24-8-10-27-11-9-24/h15H,6-14H2,1-5H3. The fraction of sp³-hybridized carbons (Fsp3) is 0.762. The predicted molar refractivity (Wildman–Crippen MR) is 107 cm³/mol. The number of hydrogen-bond donors (Lipinski definition) is 0. The van der Waals surface area contributed by atoms with Crippen LogP contribution in [0, 0.1) is 18.3 Å². The molecule has 0 radical (unpaired) electrons. The third kappa shape index (κ3) is 5.18. The fourth-order valence-electron chi connectivity index (χ4n) is 4.31. The zero-order valence-corrected chi connectivity index (χ0v) is 17.5. The van der Waals surface area contributed by atoms with E-state index in [4.69, 9.17) is 9.72 Å². The Bertz CT molecular complexity index is 677. The van der Waals surface area contributed by atoms with Crippen LogP contribution in [-0.4, -0.2) is 53.6 Å². The van der Waals surface area contributed by atoms with Gasteiger partial charge in [-0.3, -0.25) is 4.79 Å². The number of carbonyl (C=O) groups excluding carboxylic acids is 1. The lowest BCUT2D eigenvalue weighted by molar-refractivity contribution is -0.133. The maximum atomic E-state index is 12.9. The van der Waals surface area contributed by atoms with Gasteiger partial charge in [-0.05, 0) is 24.7 Å². The van der Waals surface area contributed by atoms with Crippen molar-refractivity contribution >= 4 is 11.7 Å². The number of carbonyl (C=O) groups is 1. The molecule has 1 aromatic rings. The molecular weight excluding hydrogens is 340 g/mol. The highest BCUT2D eigenvalue weighted by Gasteiger charge is 2.29. The normalized spacial score (nSPS) is 19.0. The van der Waals surface area contributed by atoms with Crippen molar-refractivity contribution in [2.45, 2.75) is 60.4 Å². The van der Waals surface area contributed by atoms with Gasteiger partial charge in [-0.1, -0.05) is 27.7 Å². The summed E-state index contributed by atoms with van der Waals surface area (Å²) in [4.78, 5) is 26.6. The van der Waals surface area contributed by atoms with Crippen LogP contribution < -0.4 is 4.90 Å². The summed E-state index contributed by atoms with van der Waals surface area (Å²) in [5.41, 5.74) is 2.49. The number of ether oxygens (including phenoxy) is 1. The first kappa shape index (κ1) is 20.1. The van der Waals surface area contributed by atoms with Gasteiger partial charge in [0.15, 0.2) is 0 Å². The maximum Gasteiger partial charge on any atom is 0.223 e. The van der Waals surface area contributed by atoms with E-state index in [2.05, 4.69) is 37.6 Å². The molecule has 3 heterocycles. The van der Waals surface area contributed by atoms with E-state index in [9.17, 15) is 4.79 Å². The molecule has 0 aromatic carbocycles. The second-order valence-corrected chi connectivity index (χ2v) is 9.26. The van der Waals surface area contributed by atoms with Gasteiger partial charge in [-0.15, -0.1) is 0 Å². The smallest absolute Gasteiger partial charge is 0.223 e. The van der Waals surface area contributed by atoms with Gasteiger partial charge in [0.1, 0.15) is 11.6 Å². The Labute approximate surface area is 163 Å². The summed E-state index contributed by atoms with van der Waals surface area (Å²) in [7, 11) is 0. The Morgan fingerprint density at radius 1 is 1.19 bits per heavy atom. The molecule has 2 aliphatic rings. The van der Waals surface area contributed by atoms with E-state index in [0.717, 1.165) is 68.6 Å². The van der Waals surface area contributed by atoms with Crippen LogP contribution >= 0.6 is 0 Å². The van der Waals surface area contributed by atoms with E-state index in [0.29, 0.717) is 18.9 Å². The number of aryl methyl sites for hydroxylation is 1. The molecule has 0 aliphatic carbocycles. The topological polar surface area (TPSA) is 58.6 Å². The van der Waals surface area contributed by atoms with Crippen molar-refractivity contribution < 1.29 is 9.53 Å². The molecule has 1 aromatic heterocycles. The lowest BCUT2D eigenvalue weighted by Crippen LogP contribution is -2.41. The van der Waals surface area contributed by atoms with E-state index in [-0.39, 0.29) is 11.3 Å². The molecule has 1 amide bonds. The van der Waals surface area contributed by atoms with Gasteiger partial charge in [0.05, 0.1) is 25.5 Å². The Morgan fingerprint density at radius 3 is 2.56 bits per heavy atom. The first-order valence-electron chi connectivity index (χ1n) is 10.2. The van der Waals surface area contributed by atoms with Gasteiger partial charge in [-0.2, -0.15) is 0 Å². The van der Waals surface area contributed by atoms with Crippen molar-refractivity contribution in [1.29, 1.82) is 0 Å². The molecular formula is C21H34N4O2. The number of hydrogen-bond acceptors (Lipinski definition) is 5. The lowest BCUT2D eigenvalue weighted by Gasteiger charge is -2.35. The average Bonchev–Trinajstić information content (AvgIpc) is 2.59. The highest BCUT2D eigenvalue weighted by Crippen LogP contribution is 2.30. The molecule has 0 spiro atoms. The predicted octanol–water partition coefficient (Wildman–Crippen LogP) is 2.97. The van der Waals surface area contributed by atoms with Gasteiger partial charge in [-0.25, -0.2) is 9.97 Å². The molecule has 0 N–H and O–H groups in total. The highest BCUT2D eigenvalue weighted by atomic mass is 16.5. The molecule has 1 unspecified atom stereocenters. The monoisotopic (exact) mass is 374 g/mol. The summed E-state index contributed by atoms with van der Waals surface area (Å²) < 4.78 is 5.49. The summed E-state index contributed by atoms with van der Waals surface area (Å²) in [5, 5.41) is 0. The van der Waals surface area contributed by atoms with Gasteiger partial charge >= 0.3 is 0 Å². The molecule has 3 rings (SSSR count). The van der Waals surface area contributed by atoms with E-state index in [1.54, 1.807) is 0 Å². The SMILES string of the molecule is Cc1nc2c(c(N3CCOCC3)n1)CN(C(=O)CC(C)CC(C)(C)C)CC2. The number of aromatic nitrogens is 2. The molecule has 0 bridgehead atoms. The number of morpholine rings is 1. The summed E-state index contributed by atoms with van der Waals surface area (Å²) >= 11 is 0. The molecule has 0 saturated carbocycles. The minimum absolute atomic E-state index is 0.253. The first-order valence-corrected chi connectivity index (χ1v) is 10.2. The number of anilines is 1. The van der Waals surface area contributed by atoms with Crippen molar-refractivity contribution in [3.05, 3.63) is 17.1 Å². The second-order valence-electron chi connectivity index (χ2n) is 9.26. The van der Waals surface area contributed by atoms with Crippen molar-refractivity contribution in [3.8, 4) is 0 Å². The maximum absolute atomic E-state index is 12.9. The number of amides is 1. The van der Waals surface area contributed by atoms with Crippen LogP contribution in [0.25, 0.3) is 0 Å². The van der Waals surface area contributed by atoms with Gasteiger partial charge in [0, 0.05) is 38.0 Å². The van der Waals surface area contributed by atoms with Gasteiger partial charge < -0.3 is 14.5 Å². The summed E-state index contributed by atoms with van der Waals surface area (Å²) in [5.74, 6) is 2.47. The third-order valence-electron chi connectivity index (χ3n) is 5.30. The Hall–Kier alpha value is -1.69. The van der Waals surface area contributed by atoms with Crippen molar-refractivity contribution in [2.24, 2.45) is 11.3 Å². The molecule has 2 aliphatic heterocycles. The minimum atomic E-state index is 0.253. The Morgan fingerprint density at radius 2 is 1.89 bits per heavy atom. The second kappa shape index (κ2) is 8.13. The van der Waals surface area contributed by atoms with Crippen LogP contribution in [-0.2, 0) is 22.5 Å². The third-order valence-corrected chi connectivity index (χ3v) is 5.30. The fourth-order valence-corrected chi connectivity index (χ4v) is 4.31. The van der Waals surface area contributed by atoms with E-state index in [1.807, 2.05) is 11.8 Å². The van der Waals surface area contributed by atoms with Gasteiger partial charge in [0.25, 0.3) is 0 Å². The largest absolute Gasteiger partial charge is 0.378 e. The van der Waals surface area contributed by atoms with Crippen molar-refractivity contribution in [3.63, 3.8) is 0 Å². The van der Waals surface area contributed by atoms with Crippen LogP contribution in [0.1, 0.15) is 57.6 Å². The van der Waals surface area contributed by atoms with Crippen molar-refractivity contribution in [1.82, 2.24) is 14.9 Å². The minimum Gasteiger partial charge on any atom is -0.378 e. The quantitative estimate of drug-likeness (QED) is 0.811. The summed E-state index contributed by atoms with van der Waals surface area (Å²) in [6, 6.07) is 0. The van der Waals surface area contributed by atoms with Crippen LogP contribution in [0.4, 0.5) is 5.82 Å². The zero-order valence-electron chi connectivity index (χ0n) is 17.5. The van der Waals surface area contributed by atoms with E-state index in [1.165, 1.54) is 0 Å². The molecule has 1 fully saturated rings. The van der Waals surface area contributed by atoms with Crippen LogP contribution in [0.2, 0.25) is 0 Å². The highest BCUT2D eigenvalue weighted by molar-refractivity contribution is 5.77. The van der Waals surface area contributed by atoms with E-state index < -0.39 is 0 Å². The number of nitrogens with zero attached hydrogens (tertiary/aromatic N) is 4. The van der Waals surface area contributed by atoms with Crippen LogP contribution in [0.3, 0.4) is 0 Å². The Balaban J connectivity index is 1.74. The first-order chi connectivity index (χ1) is 12.7. The Kier molecular flexibility index (Phi) is 6.04. The van der Waals surface area contributed by atoms with Gasteiger partial charge in [0.2, 0.25) is 5.91 Å². The lowest BCUT2D eigenvalue weighted by atomic mass is 9.84. The molecule has 6 nitrogen and oxygen atoms in total.